The molecule has 0 bridgehead atoms. The highest BCUT2D eigenvalue weighted by Gasteiger charge is 2.16. The van der Waals surface area contributed by atoms with Crippen LogP contribution in [0, 0.1) is 0 Å². The fraction of sp³-hybridized carbons (Fsp3) is 0.154. The lowest BCUT2D eigenvalue weighted by Crippen LogP contribution is -2.15. The summed E-state index contributed by atoms with van der Waals surface area (Å²) in [5.74, 6) is -0.798. The van der Waals surface area contributed by atoms with Crippen LogP contribution in [0.3, 0.4) is 0 Å². The van der Waals surface area contributed by atoms with E-state index in [2.05, 4.69) is 10.3 Å². The van der Waals surface area contributed by atoms with E-state index in [0.717, 1.165) is 0 Å². The highest BCUT2D eigenvalue weighted by Crippen LogP contribution is 2.24. The second kappa shape index (κ2) is 6.10. The molecule has 19 heavy (non-hydrogen) atoms. The number of hydrogen-bond acceptors (Lipinski definition) is 5. The van der Waals surface area contributed by atoms with Gasteiger partial charge in [0.2, 0.25) is 0 Å². The van der Waals surface area contributed by atoms with Crippen molar-refractivity contribution >= 4 is 28.2 Å². The van der Waals surface area contributed by atoms with Crippen molar-refractivity contribution < 1.29 is 14.3 Å². The summed E-state index contributed by atoms with van der Waals surface area (Å²) in [4.78, 5) is 27.5. The average molecular weight is 276 g/mol. The Kier molecular flexibility index (Phi) is 4.25. The lowest BCUT2D eigenvalue weighted by atomic mass is 10.3. The van der Waals surface area contributed by atoms with Gasteiger partial charge < -0.3 is 10.1 Å². The predicted octanol–water partition coefficient (Wildman–Crippen LogP) is 2.57. The SMILES string of the molecule is CCOC(=O)c1ccsc1NC(=O)c1ccccn1. The number of pyridine rings is 1. The molecule has 2 aromatic rings. The largest absolute Gasteiger partial charge is 0.462 e. The maximum absolute atomic E-state index is 11.9. The van der Waals surface area contributed by atoms with Crippen LogP contribution in [-0.2, 0) is 4.74 Å². The Balaban J connectivity index is 2.14. The Labute approximate surface area is 114 Å². The first-order chi connectivity index (χ1) is 9.22. The normalized spacial score (nSPS) is 9.95. The van der Waals surface area contributed by atoms with E-state index in [-0.39, 0.29) is 5.91 Å². The summed E-state index contributed by atoms with van der Waals surface area (Å²) >= 11 is 1.27. The van der Waals surface area contributed by atoms with Crippen LogP contribution in [0.5, 0.6) is 0 Å². The zero-order chi connectivity index (χ0) is 13.7. The van der Waals surface area contributed by atoms with E-state index in [0.29, 0.717) is 22.9 Å². The van der Waals surface area contributed by atoms with Gasteiger partial charge in [-0.25, -0.2) is 4.79 Å². The Hall–Kier alpha value is -2.21. The standard InChI is InChI=1S/C13H12N2O3S/c1-2-18-13(17)9-6-8-19-12(9)15-11(16)10-5-3-4-7-14-10/h3-8H,2H2,1H3,(H,15,16). The maximum Gasteiger partial charge on any atom is 0.341 e. The Morgan fingerprint density at radius 3 is 2.89 bits per heavy atom. The van der Waals surface area contributed by atoms with Gasteiger partial charge in [-0.2, -0.15) is 0 Å². The van der Waals surface area contributed by atoms with Crippen LogP contribution in [0.15, 0.2) is 35.8 Å². The van der Waals surface area contributed by atoms with Crippen LogP contribution in [-0.4, -0.2) is 23.5 Å². The number of nitrogens with one attached hydrogen (secondary N) is 1. The summed E-state index contributed by atoms with van der Waals surface area (Å²) in [5, 5.41) is 4.85. The monoisotopic (exact) mass is 276 g/mol. The van der Waals surface area contributed by atoms with Gasteiger partial charge in [-0.3, -0.25) is 9.78 Å². The van der Waals surface area contributed by atoms with E-state index in [1.807, 2.05) is 0 Å². The van der Waals surface area contributed by atoms with Crippen molar-refractivity contribution in [3.05, 3.63) is 47.1 Å². The van der Waals surface area contributed by atoms with E-state index < -0.39 is 5.97 Å². The number of rotatable bonds is 4. The number of aromatic nitrogens is 1. The molecule has 1 amide bonds. The summed E-state index contributed by atoms with van der Waals surface area (Å²) in [6, 6.07) is 6.68. The Bertz CT molecular complexity index is 581. The Morgan fingerprint density at radius 1 is 1.37 bits per heavy atom. The summed E-state index contributed by atoms with van der Waals surface area (Å²) in [6.07, 6.45) is 1.54. The number of nitrogens with zero attached hydrogens (tertiary/aromatic N) is 1. The van der Waals surface area contributed by atoms with Crippen molar-refractivity contribution in [2.24, 2.45) is 0 Å². The Morgan fingerprint density at radius 2 is 2.21 bits per heavy atom. The number of esters is 1. The lowest BCUT2D eigenvalue weighted by molar-refractivity contribution is 0.0528. The molecule has 0 spiro atoms. The van der Waals surface area contributed by atoms with Crippen molar-refractivity contribution in [1.29, 1.82) is 0 Å². The summed E-state index contributed by atoms with van der Waals surface area (Å²) in [6.45, 7) is 2.03. The molecule has 0 aliphatic rings. The van der Waals surface area contributed by atoms with Gasteiger partial charge in [-0.15, -0.1) is 11.3 Å². The molecular weight excluding hydrogens is 264 g/mol. The lowest BCUT2D eigenvalue weighted by Gasteiger charge is -2.05. The number of carbonyl (C=O) groups is 2. The van der Waals surface area contributed by atoms with E-state index >= 15 is 0 Å². The summed E-state index contributed by atoms with van der Waals surface area (Å²) in [5.41, 5.74) is 0.654. The van der Waals surface area contributed by atoms with Crippen molar-refractivity contribution in [3.63, 3.8) is 0 Å². The molecule has 0 aliphatic carbocycles. The van der Waals surface area contributed by atoms with Gasteiger partial charge in [0.05, 0.1) is 12.2 Å². The number of thiophene rings is 1. The number of hydrogen-bond donors (Lipinski definition) is 1. The molecule has 0 radical (unpaired) electrons. The minimum Gasteiger partial charge on any atom is -0.462 e. The molecule has 98 valence electrons. The number of anilines is 1. The molecular formula is C13H12N2O3S. The van der Waals surface area contributed by atoms with Crippen LogP contribution in [0.4, 0.5) is 5.00 Å². The third-order valence-corrected chi connectivity index (χ3v) is 3.12. The van der Waals surface area contributed by atoms with Gasteiger partial charge in [0, 0.05) is 6.20 Å². The van der Waals surface area contributed by atoms with Crippen LogP contribution in [0.2, 0.25) is 0 Å². The van der Waals surface area contributed by atoms with E-state index in [4.69, 9.17) is 4.74 Å². The first-order valence-electron chi connectivity index (χ1n) is 5.69. The molecule has 0 atom stereocenters. The van der Waals surface area contributed by atoms with Crippen molar-refractivity contribution in [2.75, 3.05) is 11.9 Å². The summed E-state index contributed by atoms with van der Waals surface area (Å²) < 4.78 is 4.92. The van der Waals surface area contributed by atoms with Gasteiger partial charge in [0.1, 0.15) is 10.7 Å². The molecule has 0 unspecified atom stereocenters. The zero-order valence-corrected chi connectivity index (χ0v) is 11.1. The van der Waals surface area contributed by atoms with Gasteiger partial charge in [0.15, 0.2) is 0 Å². The summed E-state index contributed by atoms with van der Waals surface area (Å²) in [7, 11) is 0. The molecule has 0 saturated heterocycles. The minimum atomic E-state index is -0.444. The predicted molar refractivity (Wildman–Crippen MR) is 72.5 cm³/mol. The number of ether oxygens (including phenoxy) is 1. The molecule has 0 saturated carbocycles. The van der Waals surface area contributed by atoms with Crippen molar-refractivity contribution in [2.45, 2.75) is 6.92 Å². The van der Waals surface area contributed by atoms with E-state index in [1.165, 1.54) is 17.5 Å². The highest BCUT2D eigenvalue weighted by molar-refractivity contribution is 7.14. The van der Waals surface area contributed by atoms with Gasteiger partial charge in [-0.1, -0.05) is 6.07 Å². The van der Waals surface area contributed by atoms with Crippen LogP contribution in [0.1, 0.15) is 27.8 Å². The van der Waals surface area contributed by atoms with Crippen LogP contribution < -0.4 is 5.32 Å². The van der Waals surface area contributed by atoms with E-state index in [1.54, 1.807) is 36.6 Å². The fourth-order valence-electron chi connectivity index (χ4n) is 1.44. The van der Waals surface area contributed by atoms with Crippen LogP contribution >= 0.6 is 11.3 Å². The topological polar surface area (TPSA) is 68.3 Å². The molecule has 2 heterocycles. The zero-order valence-electron chi connectivity index (χ0n) is 10.3. The van der Waals surface area contributed by atoms with Crippen LogP contribution in [0.25, 0.3) is 0 Å². The molecule has 2 rings (SSSR count). The first-order valence-corrected chi connectivity index (χ1v) is 6.57. The average Bonchev–Trinajstić information content (AvgIpc) is 2.88. The van der Waals surface area contributed by atoms with Crippen molar-refractivity contribution in [1.82, 2.24) is 4.98 Å². The maximum atomic E-state index is 11.9. The van der Waals surface area contributed by atoms with Gasteiger partial charge in [0.25, 0.3) is 5.91 Å². The number of carbonyl (C=O) groups excluding carboxylic acids is 2. The third kappa shape index (κ3) is 3.17. The van der Waals surface area contributed by atoms with Gasteiger partial charge in [-0.05, 0) is 30.5 Å². The third-order valence-electron chi connectivity index (χ3n) is 2.29. The fourth-order valence-corrected chi connectivity index (χ4v) is 2.21. The second-order valence-electron chi connectivity index (χ2n) is 3.55. The number of amides is 1. The molecule has 0 aromatic carbocycles. The molecule has 0 fully saturated rings. The molecule has 1 N–H and O–H groups in total. The van der Waals surface area contributed by atoms with Gasteiger partial charge >= 0.3 is 5.97 Å². The van der Waals surface area contributed by atoms with E-state index in [9.17, 15) is 9.59 Å². The van der Waals surface area contributed by atoms with Crippen molar-refractivity contribution in [3.8, 4) is 0 Å². The second-order valence-corrected chi connectivity index (χ2v) is 4.47. The molecule has 6 heteroatoms. The first kappa shape index (κ1) is 13.2. The minimum absolute atomic E-state index is 0.294. The quantitative estimate of drug-likeness (QED) is 0.871. The smallest absolute Gasteiger partial charge is 0.341 e. The highest BCUT2D eigenvalue weighted by atomic mass is 32.1. The molecule has 5 nitrogen and oxygen atoms in total. The molecule has 2 aromatic heterocycles. The molecule has 0 aliphatic heterocycles.